The second-order valence-corrected chi connectivity index (χ2v) is 5.90. The Hall–Kier alpha value is -2.40. The van der Waals surface area contributed by atoms with E-state index in [9.17, 15) is 4.79 Å². The van der Waals surface area contributed by atoms with Crippen LogP contribution in [0.4, 0.5) is 5.82 Å². The molecule has 120 valence electrons. The second-order valence-electron chi connectivity index (χ2n) is 5.90. The number of carbonyl (C=O) groups excluding carboxylic acids is 1. The number of rotatable bonds is 4. The van der Waals surface area contributed by atoms with Crippen molar-refractivity contribution in [3.8, 4) is 0 Å². The van der Waals surface area contributed by atoms with Crippen LogP contribution in [-0.2, 0) is 6.54 Å². The van der Waals surface area contributed by atoms with Crippen molar-refractivity contribution in [2.24, 2.45) is 0 Å². The smallest absolute Gasteiger partial charge is 0.251 e. The number of nitrogens with zero attached hydrogens (tertiary/aromatic N) is 1. The summed E-state index contributed by atoms with van der Waals surface area (Å²) in [7, 11) is 0. The van der Waals surface area contributed by atoms with E-state index in [1.807, 2.05) is 24.3 Å². The van der Waals surface area contributed by atoms with Crippen molar-refractivity contribution < 1.29 is 4.79 Å². The lowest BCUT2D eigenvalue weighted by Crippen LogP contribution is -2.28. The number of nitrogens with two attached hydrogens (primary N) is 1. The zero-order chi connectivity index (χ0) is 16.1. The van der Waals surface area contributed by atoms with Crippen LogP contribution in [0.3, 0.4) is 0 Å². The van der Waals surface area contributed by atoms with Crippen LogP contribution in [0.1, 0.15) is 40.2 Å². The molecule has 0 spiro atoms. The maximum Gasteiger partial charge on any atom is 0.251 e. The quantitative estimate of drug-likeness (QED) is 0.807. The van der Waals surface area contributed by atoms with Crippen LogP contribution in [0.15, 0.2) is 42.6 Å². The summed E-state index contributed by atoms with van der Waals surface area (Å²) < 4.78 is 0. The first-order chi connectivity index (χ1) is 11.2. The average molecular weight is 310 g/mol. The third-order valence-corrected chi connectivity index (χ3v) is 4.31. The summed E-state index contributed by atoms with van der Waals surface area (Å²) in [4.78, 5) is 16.2. The molecule has 4 N–H and O–H groups in total. The highest BCUT2D eigenvalue weighted by atomic mass is 16.1. The van der Waals surface area contributed by atoms with Crippen LogP contribution in [0.25, 0.3) is 0 Å². The van der Waals surface area contributed by atoms with Crippen molar-refractivity contribution in [2.75, 3.05) is 18.8 Å². The lowest BCUT2D eigenvalue weighted by Gasteiger charge is -2.23. The third-order valence-electron chi connectivity index (χ3n) is 4.31. The Morgan fingerprint density at radius 3 is 2.83 bits per heavy atom. The van der Waals surface area contributed by atoms with E-state index >= 15 is 0 Å². The van der Waals surface area contributed by atoms with Gasteiger partial charge in [-0.25, -0.2) is 4.98 Å². The Morgan fingerprint density at radius 2 is 2.13 bits per heavy atom. The molecule has 2 aromatic rings. The first kappa shape index (κ1) is 15.5. The summed E-state index contributed by atoms with van der Waals surface area (Å²) in [5, 5.41) is 6.30. The van der Waals surface area contributed by atoms with Crippen molar-refractivity contribution in [3.63, 3.8) is 0 Å². The molecule has 3 rings (SSSR count). The maximum absolute atomic E-state index is 12.2. The Balaban J connectivity index is 1.60. The van der Waals surface area contributed by atoms with Gasteiger partial charge in [0.1, 0.15) is 5.82 Å². The molecular formula is C18H22N4O. The highest BCUT2D eigenvalue weighted by molar-refractivity contribution is 5.94. The van der Waals surface area contributed by atoms with E-state index in [2.05, 4.69) is 27.8 Å². The second kappa shape index (κ2) is 7.24. The number of hydrogen-bond donors (Lipinski definition) is 3. The number of nitrogens with one attached hydrogen (secondary N) is 2. The highest BCUT2D eigenvalue weighted by Gasteiger charge is 2.15. The predicted octanol–water partition coefficient (Wildman–Crippen LogP) is 2.06. The SMILES string of the molecule is Nc1ncccc1CNC(=O)c1ccc([C@H]2CCCNC2)cc1. The van der Waals surface area contributed by atoms with Crippen molar-refractivity contribution in [2.45, 2.75) is 25.3 Å². The Labute approximate surface area is 136 Å². The molecule has 0 radical (unpaired) electrons. The minimum Gasteiger partial charge on any atom is -0.383 e. The monoisotopic (exact) mass is 310 g/mol. The molecule has 1 aromatic heterocycles. The molecule has 1 aromatic carbocycles. The summed E-state index contributed by atoms with van der Waals surface area (Å²) in [6.07, 6.45) is 4.05. The average Bonchev–Trinajstić information content (AvgIpc) is 2.62. The standard InChI is InChI=1S/C18H22N4O/c19-17-16(4-2-10-21-17)12-22-18(23)14-7-5-13(6-8-14)15-3-1-9-20-11-15/h2,4-8,10,15,20H,1,3,9,11-12H2,(H2,19,21)(H,22,23)/t15-/m0/s1. The van der Waals surface area contributed by atoms with Gasteiger partial charge in [-0.05, 0) is 49.1 Å². The number of anilines is 1. The van der Waals surface area contributed by atoms with Crippen LogP contribution in [-0.4, -0.2) is 24.0 Å². The molecule has 23 heavy (non-hydrogen) atoms. The molecule has 0 saturated carbocycles. The fraction of sp³-hybridized carbons (Fsp3) is 0.333. The fourth-order valence-corrected chi connectivity index (χ4v) is 2.92. The number of pyridine rings is 1. The van der Waals surface area contributed by atoms with Gasteiger partial charge in [0.15, 0.2) is 0 Å². The number of carbonyl (C=O) groups is 1. The van der Waals surface area contributed by atoms with Crippen molar-refractivity contribution in [1.29, 1.82) is 0 Å². The first-order valence-corrected chi connectivity index (χ1v) is 8.02. The molecule has 2 heterocycles. The van der Waals surface area contributed by atoms with Crippen LogP contribution in [0.5, 0.6) is 0 Å². The van der Waals surface area contributed by atoms with Crippen LogP contribution in [0, 0.1) is 0 Å². The van der Waals surface area contributed by atoms with E-state index in [0.717, 1.165) is 18.7 Å². The van der Waals surface area contributed by atoms with Crippen molar-refractivity contribution >= 4 is 11.7 Å². The van der Waals surface area contributed by atoms with Crippen LogP contribution in [0.2, 0.25) is 0 Å². The van der Waals surface area contributed by atoms with E-state index in [4.69, 9.17) is 5.73 Å². The van der Waals surface area contributed by atoms with Gasteiger partial charge >= 0.3 is 0 Å². The van der Waals surface area contributed by atoms with Gasteiger partial charge in [0.2, 0.25) is 0 Å². The molecule has 5 nitrogen and oxygen atoms in total. The van der Waals surface area contributed by atoms with Crippen LogP contribution < -0.4 is 16.4 Å². The predicted molar refractivity (Wildman–Crippen MR) is 91.1 cm³/mol. The molecule has 1 fully saturated rings. The summed E-state index contributed by atoms with van der Waals surface area (Å²) in [5.41, 5.74) is 8.57. The molecule has 1 amide bonds. The number of piperidine rings is 1. The van der Waals surface area contributed by atoms with Crippen molar-refractivity contribution in [3.05, 3.63) is 59.3 Å². The number of amides is 1. The zero-order valence-electron chi connectivity index (χ0n) is 13.1. The van der Waals surface area contributed by atoms with Crippen molar-refractivity contribution in [1.82, 2.24) is 15.6 Å². The number of nitrogen functional groups attached to an aromatic ring is 1. The van der Waals surface area contributed by atoms with E-state index in [1.165, 1.54) is 18.4 Å². The molecule has 0 bridgehead atoms. The van der Waals surface area contributed by atoms with Gasteiger partial charge in [0.25, 0.3) is 5.91 Å². The maximum atomic E-state index is 12.2. The lowest BCUT2D eigenvalue weighted by molar-refractivity contribution is 0.0951. The fourth-order valence-electron chi connectivity index (χ4n) is 2.92. The number of aromatic nitrogens is 1. The highest BCUT2D eigenvalue weighted by Crippen LogP contribution is 2.23. The van der Waals surface area contributed by atoms with Gasteiger partial charge in [0, 0.05) is 30.4 Å². The summed E-state index contributed by atoms with van der Waals surface area (Å²) in [5.74, 6) is 0.908. The molecule has 1 aliphatic rings. The summed E-state index contributed by atoms with van der Waals surface area (Å²) in [6.45, 7) is 2.51. The third kappa shape index (κ3) is 3.87. The largest absolute Gasteiger partial charge is 0.383 e. The summed E-state index contributed by atoms with van der Waals surface area (Å²) >= 11 is 0. The minimum atomic E-state index is -0.0958. The minimum absolute atomic E-state index is 0.0958. The van der Waals surface area contributed by atoms with E-state index in [1.54, 1.807) is 6.20 Å². The summed E-state index contributed by atoms with van der Waals surface area (Å²) in [6, 6.07) is 11.6. The lowest BCUT2D eigenvalue weighted by atomic mass is 9.91. The van der Waals surface area contributed by atoms with E-state index in [-0.39, 0.29) is 5.91 Å². The Kier molecular flexibility index (Phi) is 4.88. The molecule has 1 saturated heterocycles. The molecule has 5 heteroatoms. The van der Waals surface area contributed by atoms with Gasteiger partial charge < -0.3 is 16.4 Å². The first-order valence-electron chi connectivity index (χ1n) is 8.02. The van der Waals surface area contributed by atoms with E-state index < -0.39 is 0 Å². The molecule has 0 aliphatic carbocycles. The van der Waals surface area contributed by atoms with Gasteiger partial charge in [-0.1, -0.05) is 18.2 Å². The molecular weight excluding hydrogens is 288 g/mol. The van der Waals surface area contributed by atoms with Gasteiger partial charge in [-0.2, -0.15) is 0 Å². The van der Waals surface area contributed by atoms with E-state index in [0.29, 0.717) is 23.8 Å². The number of benzene rings is 1. The van der Waals surface area contributed by atoms with Gasteiger partial charge in [-0.15, -0.1) is 0 Å². The zero-order valence-corrected chi connectivity index (χ0v) is 13.1. The topological polar surface area (TPSA) is 80.0 Å². The Morgan fingerprint density at radius 1 is 1.30 bits per heavy atom. The van der Waals surface area contributed by atoms with Crippen LogP contribution >= 0.6 is 0 Å². The Bertz CT molecular complexity index is 663. The molecule has 0 unspecified atom stereocenters. The molecule has 1 aliphatic heterocycles. The van der Waals surface area contributed by atoms with Gasteiger partial charge in [-0.3, -0.25) is 4.79 Å². The molecule has 1 atom stereocenters. The van der Waals surface area contributed by atoms with Gasteiger partial charge in [0.05, 0.1) is 0 Å². The normalized spacial score (nSPS) is 17.7. The number of hydrogen-bond acceptors (Lipinski definition) is 4.